The maximum atomic E-state index is 13.6. The minimum Gasteiger partial charge on any atom is -0.342 e. The third kappa shape index (κ3) is 8.32. The molecule has 0 radical (unpaired) electrons. The molecule has 1 heterocycles. The molecule has 7 nitrogen and oxygen atoms in total. The van der Waals surface area contributed by atoms with E-state index in [1.165, 1.54) is 16.1 Å². The predicted octanol–water partition coefficient (Wildman–Crippen LogP) is 4.17. The molecule has 37 heavy (non-hydrogen) atoms. The van der Waals surface area contributed by atoms with Crippen molar-refractivity contribution in [3.8, 4) is 0 Å². The highest BCUT2D eigenvalue weighted by Gasteiger charge is 2.32. The number of thioether (sulfide) groups is 1. The van der Waals surface area contributed by atoms with Gasteiger partial charge in [-0.3, -0.25) is 9.59 Å². The largest absolute Gasteiger partial charge is 0.342 e. The average molecular weight is 546 g/mol. The van der Waals surface area contributed by atoms with Gasteiger partial charge in [0.05, 0.1) is 18.1 Å². The van der Waals surface area contributed by atoms with Gasteiger partial charge in [0.1, 0.15) is 0 Å². The first-order valence-corrected chi connectivity index (χ1v) is 15.6. The summed E-state index contributed by atoms with van der Waals surface area (Å²) in [7, 11) is -3.48. The van der Waals surface area contributed by atoms with E-state index in [0.717, 1.165) is 16.0 Å². The van der Waals surface area contributed by atoms with Gasteiger partial charge in [-0.25, -0.2) is 8.42 Å². The summed E-state index contributed by atoms with van der Waals surface area (Å²) in [6.45, 7) is 7.32. The number of benzene rings is 2. The minimum absolute atomic E-state index is 0.0282. The molecule has 1 aliphatic rings. The lowest BCUT2D eigenvalue weighted by molar-refractivity contribution is -0.136. The zero-order chi connectivity index (χ0) is 26.8. The second kappa shape index (κ2) is 14.0. The van der Waals surface area contributed by atoms with E-state index in [1.54, 1.807) is 6.92 Å². The van der Waals surface area contributed by atoms with Gasteiger partial charge >= 0.3 is 0 Å². The molecular weight excluding hydrogens is 506 g/mol. The van der Waals surface area contributed by atoms with Gasteiger partial charge in [0, 0.05) is 37.1 Å². The van der Waals surface area contributed by atoms with Crippen LogP contribution in [0.4, 0.5) is 0 Å². The first-order valence-electron chi connectivity index (χ1n) is 13.0. The van der Waals surface area contributed by atoms with Crippen molar-refractivity contribution in [1.29, 1.82) is 0 Å². The van der Waals surface area contributed by atoms with Crippen LogP contribution in [0.5, 0.6) is 0 Å². The van der Waals surface area contributed by atoms with Crippen molar-refractivity contribution in [2.24, 2.45) is 0 Å². The Kier molecular flexibility index (Phi) is 11.0. The van der Waals surface area contributed by atoms with Crippen LogP contribution in [0.25, 0.3) is 0 Å². The fraction of sp³-hybridized carbons (Fsp3) is 0.500. The van der Waals surface area contributed by atoms with Crippen LogP contribution >= 0.6 is 11.8 Å². The molecule has 0 aromatic heterocycles. The number of amides is 2. The lowest BCUT2D eigenvalue weighted by Crippen LogP contribution is -2.51. The summed E-state index contributed by atoms with van der Waals surface area (Å²) in [5.74, 6) is 0.284. The molecule has 2 aromatic carbocycles. The van der Waals surface area contributed by atoms with Crippen LogP contribution in [0, 0.1) is 6.92 Å². The summed E-state index contributed by atoms with van der Waals surface area (Å²) in [4.78, 5) is 31.2. The number of rotatable bonds is 12. The average Bonchev–Trinajstić information content (AvgIpc) is 2.91. The second-order valence-electron chi connectivity index (χ2n) is 9.40. The summed E-state index contributed by atoms with van der Waals surface area (Å²) in [6, 6.07) is 17.8. The predicted molar refractivity (Wildman–Crippen MR) is 150 cm³/mol. The Bertz CT molecular complexity index is 1130. The topological polar surface area (TPSA) is 78.0 Å². The number of aryl methyl sites for hydroxylation is 1. The van der Waals surface area contributed by atoms with Crippen LogP contribution in [0.15, 0.2) is 59.5 Å². The fourth-order valence-electron chi connectivity index (χ4n) is 4.56. The normalized spacial score (nSPS) is 14.6. The Morgan fingerprint density at radius 3 is 2.27 bits per heavy atom. The van der Waals surface area contributed by atoms with E-state index in [9.17, 15) is 18.0 Å². The van der Waals surface area contributed by atoms with E-state index in [0.29, 0.717) is 51.2 Å². The molecular formula is C28H39N3O4S2. The minimum atomic E-state index is -3.48. The van der Waals surface area contributed by atoms with E-state index in [-0.39, 0.29) is 30.2 Å². The Morgan fingerprint density at radius 1 is 1.00 bits per heavy atom. The number of sulfonamides is 1. The van der Waals surface area contributed by atoms with Crippen LogP contribution in [0.2, 0.25) is 0 Å². The van der Waals surface area contributed by atoms with Crippen molar-refractivity contribution in [3.63, 3.8) is 0 Å². The van der Waals surface area contributed by atoms with Gasteiger partial charge in [-0.15, -0.1) is 11.8 Å². The van der Waals surface area contributed by atoms with Gasteiger partial charge in [0.2, 0.25) is 21.8 Å². The molecule has 9 heteroatoms. The highest BCUT2D eigenvalue weighted by atomic mass is 32.2. The maximum Gasteiger partial charge on any atom is 0.238 e. The number of piperidine rings is 1. The van der Waals surface area contributed by atoms with Gasteiger partial charge in [-0.2, -0.15) is 4.31 Å². The van der Waals surface area contributed by atoms with Gasteiger partial charge in [-0.05, 0) is 56.4 Å². The molecule has 202 valence electrons. The van der Waals surface area contributed by atoms with Crippen LogP contribution in [-0.2, 0) is 26.2 Å². The Balaban J connectivity index is 1.69. The maximum absolute atomic E-state index is 13.6. The molecule has 1 saturated heterocycles. The molecule has 0 aliphatic carbocycles. The Morgan fingerprint density at radius 2 is 1.65 bits per heavy atom. The number of carbonyl (C=O) groups excluding carboxylic acids is 2. The second-order valence-corrected chi connectivity index (χ2v) is 12.7. The van der Waals surface area contributed by atoms with Crippen molar-refractivity contribution < 1.29 is 18.0 Å². The lowest BCUT2D eigenvalue weighted by Gasteiger charge is -2.39. The Labute approximate surface area is 226 Å². The zero-order valence-corrected chi connectivity index (χ0v) is 23.8. The fourth-order valence-corrected chi connectivity index (χ4v) is 6.52. The highest BCUT2D eigenvalue weighted by Crippen LogP contribution is 2.23. The first kappa shape index (κ1) is 29.2. The van der Waals surface area contributed by atoms with E-state index in [4.69, 9.17) is 0 Å². The smallest absolute Gasteiger partial charge is 0.238 e. The SMILES string of the molecule is CCCN(CC(=O)N(Cc1ccccc1C)C1CCN(C(=O)CSc2ccccc2)CC1)S(=O)(=O)CC. The zero-order valence-electron chi connectivity index (χ0n) is 22.1. The Hall–Kier alpha value is -2.36. The van der Waals surface area contributed by atoms with Crippen molar-refractivity contribution in [1.82, 2.24) is 14.1 Å². The van der Waals surface area contributed by atoms with Gasteiger partial charge in [0.25, 0.3) is 0 Å². The molecule has 0 bridgehead atoms. The van der Waals surface area contributed by atoms with Gasteiger partial charge < -0.3 is 9.80 Å². The number of hydrogen-bond acceptors (Lipinski definition) is 5. The third-order valence-corrected chi connectivity index (χ3v) is 9.65. The third-order valence-electron chi connectivity index (χ3n) is 6.83. The van der Waals surface area contributed by atoms with Crippen LogP contribution in [0.1, 0.15) is 44.2 Å². The molecule has 1 fully saturated rings. The van der Waals surface area contributed by atoms with Crippen LogP contribution < -0.4 is 0 Å². The summed E-state index contributed by atoms with van der Waals surface area (Å²) < 4.78 is 26.6. The van der Waals surface area contributed by atoms with Crippen LogP contribution in [0.3, 0.4) is 0 Å². The molecule has 0 N–H and O–H groups in total. The molecule has 1 aliphatic heterocycles. The summed E-state index contributed by atoms with van der Waals surface area (Å²) in [5, 5.41) is 0. The molecule has 3 rings (SSSR count). The summed E-state index contributed by atoms with van der Waals surface area (Å²) in [5.41, 5.74) is 2.14. The van der Waals surface area contributed by atoms with Crippen molar-refractivity contribution >= 4 is 33.6 Å². The molecule has 0 atom stereocenters. The molecule has 0 saturated carbocycles. The number of hydrogen-bond donors (Lipinski definition) is 0. The van der Waals surface area contributed by atoms with E-state index >= 15 is 0 Å². The summed E-state index contributed by atoms with van der Waals surface area (Å²) >= 11 is 1.54. The number of nitrogens with zero attached hydrogens (tertiary/aromatic N) is 3. The molecule has 2 aromatic rings. The number of likely N-dealkylation sites (tertiary alicyclic amines) is 1. The first-order chi connectivity index (χ1) is 17.7. The molecule has 0 unspecified atom stereocenters. The molecule has 2 amide bonds. The lowest BCUT2D eigenvalue weighted by atomic mass is 10.0. The van der Waals surface area contributed by atoms with Crippen molar-refractivity contribution in [2.45, 2.75) is 57.5 Å². The standard InChI is InChI=1S/C28H39N3O4S2/c1-4-17-30(37(34,35)5-2)21-27(32)31(20-24-12-10-9-11-23(24)3)25-15-18-29(19-16-25)28(33)22-36-26-13-7-6-8-14-26/h6-14,25H,4-5,15-22H2,1-3H3. The highest BCUT2D eigenvalue weighted by molar-refractivity contribution is 8.00. The monoisotopic (exact) mass is 545 g/mol. The van der Waals surface area contributed by atoms with E-state index in [1.807, 2.05) is 78.2 Å². The number of carbonyl (C=O) groups is 2. The van der Waals surface area contributed by atoms with Gasteiger partial charge in [-0.1, -0.05) is 49.4 Å². The summed E-state index contributed by atoms with van der Waals surface area (Å²) in [6.07, 6.45) is 1.99. The van der Waals surface area contributed by atoms with Crippen LogP contribution in [-0.4, -0.2) is 78.1 Å². The van der Waals surface area contributed by atoms with Gasteiger partial charge in [0.15, 0.2) is 0 Å². The quantitative estimate of drug-likeness (QED) is 0.374. The molecule has 0 spiro atoms. The van der Waals surface area contributed by atoms with E-state index in [2.05, 4.69) is 0 Å². The van der Waals surface area contributed by atoms with E-state index < -0.39 is 10.0 Å². The van der Waals surface area contributed by atoms with Crippen molar-refractivity contribution in [3.05, 3.63) is 65.7 Å². The van der Waals surface area contributed by atoms with Crippen molar-refractivity contribution in [2.75, 3.05) is 37.7 Å².